The van der Waals surface area contributed by atoms with Crippen LogP contribution in [0.3, 0.4) is 0 Å². The van der Waals surface area contributed by atoms with E-state index in [-0.39, 0.29) is 18.8 Å². The number of ether oxygens (including phenoxy) is 4. The number of methoxy groups -OCH3 is 1. The van der Waals surface area contributed by atoms with Gasteiger partial charge in [0.25, 0.3) is 0 Å². The fourth-order valence-corrected chi connectivity index (χ4v) is 2.88. The largest absolute Gasteiger partial charge is 0.624 e. The molecule has 4 atom stereocenters. The number of hydroxylamine groups is 1. The van der Waals surface area contributed by atoms with Gasteiger partial charge in [-0.3, -0.25) is 0 Å². The molecular weight excluding hydrogens is 286 g/mol. The fourth-order valence-electron chi connectivity index (χ4n) is 2.88. The van der Waals surface area contributed by atoms with Crippen LogP contribution in [0.15, 0.2) is 30.3 Å². The van der Waals surface area contributed by atoms with Crippen molar-refractivity contribution in [3.05, 3.63) is 41.1 Å². The number of nitrogens with zero attached hydrogens (tertiary/aromatic N) is 1. The van der Waals surface area contributed by atoms with Gasteiger partial charge in [0.2, 0.25) is 0 Å². The lowest BCUT2D eigenvalue weighted by Crippen LogP contribution is -2.32. The summed E-state index contributed by atoms with van der Waals surface area (Å²) in [5, 5.41) is 12.2. The van der Waals surface area contributed by atoms with Gasteiger partial charge in [-0.25, -0.2) is 4.74 Å². The molecule has 0 aromatic heterocycles. The molecule has 0 amide bonds. The van der Waals surface area contributed by atoms with Gasteiger partial charge in [-0.05, 0) is 13.8 Å². The molecule has 2 aliphatic rings. The molecule has 1 aromatic carbocycles. The molecule has 6 heteroatoms. The molecule has 0 saturated carbocycles. The number of hydrogen-bond donors (Lipinski definition) is 0. The van der Waals surface area contributed by atoms with Crippen molar-refractivity contribution in [2.75, 3.05) is 7.11 Å². The highest BCUT2D eigenvalue weighted by molar-refractivity contribution is 5.60. The van der Waals surface area contributed by atoms with Crippen LogP contribution in [0.1, 0.15) is 19.4 Å². The molecule has 6 nitrogen and oxygen atoms in total. The standard InChI is InChI=1S/C16H21NO5/c1-16(2)21-13-12(20-15(19-3)14(13)22-16)10-17(18)9-11-7-5-4-6-8-11/h4-8,10,12-15H,9H2,1-3H3/b17-10-/t12-,13+,14+,15-/m1/s1. The van der Waals surface area contributed by atoms with Crippen LogP contribution in [-0.2, 0) is 25.5 Å². The van der Waals surface area contributed by atoms with E-state index in [1.54, 1.807) is 7.11 Å². The van der Waals surface area contributed by atoms with Crippen molar-refractivity contribution >= 4 is 6.21 Å². The van der Waals surface area contributed by atoms with E-state index in [4.69, 9.17) is 18.9 Å². The Kier molecular flexibility index (Phi) is 4.18. The predicted molar refractivity (Wildman–Crippen MR) is 79.3 cm³/mol. The summed E-state index contributed by atoms with van der Waals surface area (Å²) in [6, 6.07) is 9.55. The summed E-state index contributed by atoms with van der Waals surface area (Å²) in [7, 11) is 1.55. The molecule has 0 radical (unpaired) electrons. The van der Waals surface area contributed by atoms with Crippen molar-refractivity contribution < 1.29 is 23.7 Å². The summed E-state index contributed by atoms with van der Waals surface area (Å²) >= 11 is 0. The maximum absolute atomic E-state index is 12.2. The number of hydrogen-bond acceptors (Lipinski definition) is 5. The first-order valence-corrected chi connectivity index (χ1v) is 7.35. The highest BCUT2D eigenvalue weighted by Gasteiger charge is 2.56. The topological polar surface area (TPSA) is 63.0 Å². The molecule has 2 saturated heterocycles. The van der Waals surface area contributed by atoms with E-state index < -0.39 is 18.2 Å². The average Bonchev–Trinajstić information content (AvgIpc) is 2.94. The van der Waals surface area contributed by atoms with E-state index in [1.165, 1.54) is 6.21 Å². The van der Waals surface area contributed by atoms with Gasteiger partial charge < -0.3 is 24.2 Å². The second kappa shape index (κ2) is 5.96. The van der Waals surface area contributed by atoms with Gasteiger partial charge in [0.1, 0.15) is 12.2 Å². The van der Waals surface area contributed by atoms with Gasteiger partial charge in [-0.1, -0.05) is 30.3 Å². The van der Waals surface area contributed by atoms with Gasteiger partial charge in [0, 0.05) is 12.7 Å². The van der Waals surface area contributed by atoms with Crippen LogP contribution in [-0.4, -0.2) is 48.5 Å². The zero-order valence-electron chi connectivity index (χ0n) is 13.0. The Bertz CT molecular complexity index is 545. The maximum Gasteiger partial charge on any atom is 0.187 e. The van der Waals surface area contributed by atoms with Crippen molar-refractivity contribution in [3.8, 4) is 0 Å². The molecule has 0 N–H and O–H groups in total. The number of rotatable bonds is 4. The number of benzene rings is 1. The van der Waals surface area contributed by atoms with Crippen LogP contribution >= 0.6 is 0 Å². The van der Waals surface area contributed by atoms with Crippen LogP contribution < -0.4 is 0 Å². The third-order valence-electron chi connectivity index (χ3n) is 3.77. The van der Waals surface area contributed by atoms with Crippen molar-refractivity contribution in [3.63, 3.8) is 0 Å². The first kappa shape index (κ1) is 15.4. The average molecular weight is 307 g/mol. The van der Waals surface area contributed by atoms with Crippen molar-refractivity contribution in [2.24, 2.45) is 0 Å². The molecule has 0 bridgehead atoms. The molecule has 22 heavy (non-hydrogen) atoms. The zero-order chi connectivity index (χ0) is 15.7. The first-order valence-electron chi connectivity index (χ1n) is 7.35. The Morgan fingerprint density at radius 1 is 1.23 bits per heavy atom. The molecule has 3 rings (SSSR count). The Morgan fingerprint density at radius 2 is 1.91 bits per heavy atom. The van der Waals surface area contributed by atoms with E-state index in [9.17, 15) is 5.21 Å². The molecular formula is C16H21NO5. The summed E-state index contributed by atoms with van der Waals surface area (Å²) in [5.41, 5.74) is 0.940. The molecule has 0 unspecified atom stereocenters. The zero-order valence-corrected chi connectivity index (χ0v) is 13.0. The second-order valence-electron chi connectivity index (χ2n) is 5.98. The monoisotopic (exact) mass is 307 g/mol. The van der Waals surface area contributed by atoms with Crippen LogP contribution in [0.2, 0.25) is 0 Å². The SMILES string of the molecule is CO[C@@H]1O[C@H](/C=[N+](\[O-])Cc2ccccc2)[C@@H]2OC(C)(C)O[C@H]12. The van der Waals surface area contributed by atoms with E-state index in [0.29, 0.717) is 0 Å². The third kappa shape index (κ3) is 3.15. The molecule has 0 aliphatic carbocycles. The molecule has 120 valence electrons. The Hall–Kier alpha value is -1.47. The minimum atomic E-state index is -0.699. The van der Waals surface area contributed by atoms with Gasteiger partial charge in [-0.2, -0.15) is 0 Å². The fraction of sp³-hybridized carbons (Fsp3) is 0.562. The van der Waals surface area contributed by atoms with E-state index in [1.807, 2.05) is 44.2 Å². The Balaban J connectivity index is 1.72. The number of fused-ring (bicyclic) bond motifs is 1. The van der Waals surface area contributed by atoms with Gasteiger partial charge in [0.15, 0.2) is 30.9 Å². The minimum Gasteiger partial charge on any atom is -0.624 e. The van der Waals surface area contributed by atoms with E-state index in [2.05, 4.69) is 0 Å². The van der Waals surface area contributed by atoms with Crippen molar-refractivity contribution in [1.29, 1.82) is 0 Å². The normalized spacial score (nSPS) is 33.9. The van der Waals surface area contributed by atoms with Gasteiger partial charge >= 0.3 is 0 Å². The summed E-state index contributed by atoms with van der Waals surface area (Å²) in [6.07, 6.45) is -0.191. The lowest BCUT2D eigenvalue weighted by atomic mass is 10.1. The molecule has 0 spiro atoms. The molecule has 2 aliphatic heterocycles. The maximum atomic E-state index is 12.2. The highest BCUT2D eigenvalue weighted by atomic mass is 16.8. The van der Waals surface area contributed by atoms with Crippen LogP contribution in [0.25, 0.3) is 0 Å². The summed E-state index contributed by atoms with van der Waals surface area (Å²) in [5.74, 6) is -0.699. The lowest BCUT2D eigenvalue weighted by molar-refractivity contribution is -0.473. The van der Waals surface area contributed by atoms with Crippen LogP contribution in [0.4, 0.5) is 0 Å². The van der Waals surface area contributed by atoms with Crippen molar-refractivity contribution in [2.45, 2.75) is 50.8 Å². The minimum absolute atomic E-state index is 0.264. The van der Waals surface area contributed by atoms with Crippen molar-refractivity contribution in [1.82, 2.24) is 0 Å². The Labute approximate surface area is 129 Å². The molecule has 2 fully saturated rings. The predicted octanol–water partition coefficient (Wildman–Crippen LogP) is 1.66. The van der Waals surface area contributed by atoms with Gasteiger partial charge in [0.05, 0.1) is 0 Å². The smallest absolute Gasteiger partial charge is 0.187 e. The molecule has 1 aromatic rings. The third-order valence-corrected chi connectivity index (χ3v) is 3.77. The van der Waals surface area contributed by atoms with Crippen LogP contribution in [0, 0.1) is 5.21 Å². The summed E-state index contributed by atoms with van der Waals surface area (Å²) in [6.45, 7) is 3.95. The van der Waals surface area contributed by atoms with Crippen LogP contribution in [0.5, 0.6) is 0 Å². The first-order chi connectivity index (χ1) is 10.5. The summed E-state index contributed by atoms with van der Waals surface area (Å²) < 4.78 is 23.5. The summed E-state index contributed by atoms with van der Waals surface area (Å²) in [4.78, 5) is 0. The highest BCUT2D eigenvalue weighted by Crippen LogP contribution is 2.38. The van der Waals surface area contributed by atoms with E-state index in [0.717, 1.165) is 10.3 Å². The van der Waals surface area contributed by atoms with E-state index >= 15 is 0 Å². The quantitative estimate of drug-likeness (QED) is 0.366. The second-order valence-corrected chi connectivity index (χ2v) is 5.98. The Morgan fingerprint density at radius 3 is 2.59 bits per heavy atom. The molecule has 2 heterocycles. The van der Waals surface area contributed by atoms with Gasteiger partial charge in [-0.15, -0.1) is 0 Å². The lowest BCUT2D eigenvalue weighted by Gasteiger charge is -2.22.